The summed E-state index contributed by atoms with van der Waals surface area (Å²) in [6.07, 6.45) is -0.508. The summed E-state index contributed by atoms with van der Waals surface area (Å²) in [5.74, 6) is 0. The van der Waals surface area contributed by atoms with Gasteiger partial charge in [0.2, 0.25) is 0 Å². The number of nitrogens with zero attached hydrogens (tertiary/aromatic N) is 2. The number of rotatable bonds is 3. The normalized spacial score (nSPS) is 14.2. The maximum absolute atomic E-state index is 12.8. The lowest BCUT2D eigenvalue weighted by Gasteiger charge is -2.31. The summed E-state index contributed by atoms with van der Waals surface area (Å²) >= 11 is 1.68. The smallest absolute Gasteiger partial charge is 0.419 e. The Labute approximate surface area is 141 Å². The molecule has 0 saturated heterocycles. The van der Waals surface area contributed by atoms with E-state index in [0.29, 0.717) is 6.54 Å². The molecule has 1 aliphatic rings. The fourth-order valence-corrected chi connectivity index (χ4v) is 3.74. The van der Waals surface area contributed by atoms with Gasteiger partial charge in [-0.05, 0) is 45.3 Å². The van der Waals surface area contributed by atoms with Crippen molar-refractivity contribution in [3.05, 3.63) is 48.5 Å². The van der Waals surface area contributed by atoms with E-state index in [0.717, 1.165) is 21.2 Å². The number of hydrogen-bond acceptors (Lipinski definition) is 4. The number of carbonyl (C=O) groups is 1. The topological polar surface area (TPSA) is 32.8 Å². The van der Waals surface area contributed by atoms with Gasteiger partial charge in [0.25, 0.3) is 0 Å². The van der Waals surface area contributed by atoms with Crippen LogP contribution in [0.25, 0.3) is 0 Å². The van der Waals surface area contributed by atoms with Gasteiger partial charge in [-0.1, -0.05) is 36.0 Å². The zero-order valence-electron chi connectivity index (χ0n) is 13.5. The molecule has 3 rings (SSSR count). The van der Waals surface area contributed by atoms with Crippen molar-refractivity contribution in [3.8, 4) is 0 Å². The third kappa shape index (κ3) is 3.35. The van der Waals surface area contributed by atoms with Crippen molar-refractivity contribution in [3.63, 3.8) is 0 Å². The number of fused-ring (bicyclic) bond motifs is 2. The summed E-state index contributed by atoms with van der Waals surface area (Å²) in [6, 6.07) is 15.8. The van der Waals surface area contributed by atoms with Gasteiger partial charge in [-0.15, -0.1) is 0 Å². The summed E-state index contributed by atoms with van der Waals surface area (Å²) in [4.78, 5) is 18.6. The number of ether oxygens (including phenoxy) is 1. The first kappa shape index (κ1) is 15.9. The SMILES string of the molecule is CC(CN(C)C)OC(=O)N1c2ccccc2Sc2ccccc21. The third-order valence-electron chi connectivity index (χ3n) is 3.54. The Morgan fingerprint density at radius 2 is 1.61 bits per heavy atom. The number of amides is 1. The van der Waals surface area contributed by atoms with E-state index in [1.165, 1.54) is 0 Å². The minimum absolute atomic E-state index is 0.175. The number of hydrogen-bond donors (Lipinski definition) is 0. The van der Waals surface area contributed by atoms with Gasteiger partial charge in [0.05, 0.1) is 11.4 Å². The molecule has 0 radical (unpaired) electrons. The highest BCUT2D eigenvalue weighted by Crippen LogP contribution is 2.48. The molecule has 0 saturated carbocycles. The van der Waals surface area contributed by atoms with E-state index in [2.05, 4.69) is 0 Å². The molecule has 4 nitrogen and oxygen atoms in total. The highest BCUT2D eigenvalue weighted by atomic mass is 32.2. The van der Waals surface area contributed by atoms with Crippen LogP contribution in [0.15, 0.2) is 58.3 Å². The van der Waals surface area contributed by atoms with Gasteiger partial charge in [0.15, 0.2) is 0 Å². The minimum Gasteiger partial charge on any atom is -0.445 e. The molecule has 1 unspecified atom stereocenters. The van der Waals surface area contributed by atoms with Crippen molar-refractivity contribution >= 4 is 29.2 Å². The van der Waals surface area contributed by atoms with Gasteiger partial charge in [-0.3, -0.25) is 0 Å². The third-order valence-corrected chi connectivity index (χ3v) is 4.67. The van der Waals surface area contributed by atoms with Crippen LogP contribution in [-0.2, 0) is 4.74 Å². The van der Waals surface area contributed by atoms with Gasteiger partial charge in [-0.25, -0.2) is 9.69 Å². The standard InChI is InChI=1S/C18H20N2O2S/c1-13(12-19(2)3)22-18(21)20-14-8-4-6-10-16(14)23-17-11-7-5-9-15(17)20/h4-11,13H,12H2,1-3H3. The van der Waals surface area contributed by atoms with Crippen LogP contribution in [0.4, 0.5) is 16.2 Å². The molecule has 2 aromatic rings. The van der Waals surface area contributed by atoms with Gasteiger partial charge < -0.3 is 9.64 Å². The molecule has 0 N–H and O–H groups in total. The summed E-state index contributed by atoms with van der Waals surface area (Å²) in [5.41, 5.74) is 1.75. The Bertz CT molecular complexity index is 672. The van der Waals surface area contributed by atoms with E-state index < -0.39 is 0 Å². The van der Waals surface area contributed by atoms with Gasteiger partial charge >= 0.3 is 6.09 Å². The van der Waals surface area contributed by atoms with Gasteiger partial charge in [0, 0.05) is 16.3 Å². The van der Waals surface area contributed by atoms with Crippen molar-refractivity contribution < 1.29 is 9.53 Å². The second-order valence-electron chi connectivity index (χ2n) is 5.83. The largest absolute Gasteiger partial charge is 0.445 e. The lowest BCUT2D eigenvalue weighted by atomic mass is 10.2. The summed E-state index contributed by atoms with van der Waals surface area (Å²) in [5, 5.41) is 0. The number of likely N-dealkylation sites (N-methyl/N-ethyl adjacent to an activating group) is 1. The average Bonchev–Trinajstić information content (AvgIpc) is 2.51. The fraction of sp³-hybridized carbons (Fsp3) is 0.278. The van der Waals surface area contributed by atoms with E-state index in [9.17, 15) is 4.79 Å². The Hall–Kier alpha value is -1.98. The molecule has 2 aromatic carbocycles. The van der Waals surface area contributed by atoms with Crippen molar-refractivity contribution in [2.45, 2.75) is 22.8 Å². The molecule has 5 heteroatoms. The highest BCUT2D eigenvalue weighted by Gasteiger charge is 2.29. The van der Waals surface area contributed by atoms with Crippen molar-refractivity contribution in [2.24, 2.45) is 0 Å². The van der Waals surface area contributed by atoms with Crippen LogP contribution in [0.5, 0.6) is 0 Å². The quantitative estimate of drug-likeness (QED) is 0.837. The van der Waals surface area contributed by atoms with Crippen molar-refractivity contribution in [1.82, 2.24) is 4.90 Å². The van der Waals surface area contributed by atoms with Crippen LogP contribution in [0.3, 0.4) is 0 Å². The van der Waals surface area contributed by atoms with Crippen LogP contribution < -0.4 is 4.90 Å². The predicted molar refractivity (Wildman–Crippen MR) is 93.6 cm³/mol. The average molecular weight is 328 g/mol. The number of carbonyl (C=O) groups excluding carboxylic acids is 1. The van der Waals surface area contributed by atoms with E-state index in [1.54, 1.807) is 16.7 Å². The van der Waals surface area contributed by atoms with Crippen LogP contribution in [-0.4, -0.2) is 37.7 Å². The second kappa shape index (κ2) is 6.64. The zero-order chi connectivity index (χ0) is 16.4. The van der Waals surface area contributed by atoms with E-state index in [4.69, 9.17) is 4.74 Å². The Morgan fingerprint density at radius 1 is 1.09 bits per heavy atom. The maximum atomic E-state index is 12.8. The molecular formula is C18H20N2O2S. The first-order valence-corrected chi connectivity index (χ1v) is 8.39. The maximum Gasteiger partial charge on any atom is 0.419 e. The number of anilines is 2. The molecule has 1 atom stereocenters. The lowest BCUT2D eigenvalue weighted by molar-refractivity contribution is 0.0987. The molecule has 0 fully saturated rings. The van der Waals surface area contributed by atoms with Crippen LogP contribution in [0, 0.1) is 0 Å². The van der Waals surface area contributed by atoms with Crippen LogP contribution in [0.2, 0.25) is 0 Å². The zero-order valence-corrected chi connectivity index (χ0v) is 14.3. The van der Waals surface area contributed by atoms with E-state index >= 15 is 0 Å². The summed E-state index contributed by atoms with van der Waals surface area (Å²) in [6.45, 7) is 2.60. The monoisotopic (exact) mass is 328 g/mol. The molecule has 1 aliphatic heterocycles. The highest BCUT2D eigenvalue weighted by molar-refractivity contribution is 7.99. The van der Waals surface area contributed by atoms with Crippen molar-refractivity contribution in [1.29, 1.82) is 0 Å². The molecular weight excluding hydrogens is 308 g/mol. The second-order valence-corrected chi connectivity index (χ2v) is 6.91. The Morgan fingerprint density at radius 3 is 2.13 bits per heavy atom. The molecule has 23 heavy (non-hydrogen) atoms. The van der Waals surface area contributed by atoms with Crippen LogP contribution in [0.1, 0.15) is 6.92 Å². The first-order chi connectivity index (χ1) is 11.1. The predicted octanol–water partition coefficient (Wildman–Crippen LogP) is 4.38. The van der Waals surface area contributed by atoms with Crippen molar-refractivity contribution in [2.75, 3.05) is 25.5 Å². The number of para-hydroxylation sites is 2. The molecule has 1 heterocycles. The first-order valence-electron chi connectivity index (χ1n) is 7.57. The molecule has 0 spiro atoms. The fourth-order valence-electron chi connectivity index (χ4n) is 2.68. The molecule has 0 aromatic heterocycles. The summed E-state index contributed by atoms with van der Waals surface area (Å²) in [7, 11) is 3.93. The Balaban J connectivity index is 1.93. The Kier molecular flexibility index (Phi) is 4.59. The number of benzene rings is 2. The summed E-state index contributed by atoms with van der Waals surface area (Å²) < 4.78 is 5.65. The van der Waals surface area contributed by atoms with Crippen LogP contribution >= 0.6 is 11.8 Å². The van der Waals surface area contributed by atoms with Gasteiger partial charge in [0.1, 0.15) is 6.10 Å². The van der Waals surface area contributed by atoms with E-state index in [-0.39, 0.29) is 12.2 Å². The van der Waals surface area contributed by atoms with E-state index in [1.807, 2.05) is 74.4 Å². The molecule has 120 valence electrons. The van der Waals surface area contributed by atoms with Gasteiger partial charge in [-0.2, -0.15) is 0 Å². The molecule has 0 aliphatic carbocycles. The molecule has 0 bridgehead atoms. The minimum atomic E-state index is -0.334. The lowest BCUT2D eigenvalue weighted by Crippen LogP contribution is -2.35. The molecule has 1 amide bonds.